The van der Waals surface area contributed by atoms with Crippen LogP contribution in [0.4, 0.5) is 5.69 Å². The fourth-order valence-corrected chi connectivity index (χ4v) is 2.13. The molecule has 0 saturated heterocycles. The van der Waals surface area contributed by atoms with Crippen LogP contribution in [0, 0.1) is 0 Å². The van der Waals surface area contributed by atoms with Crippen LogP contribution in [0.3, 0.4) is 0 Å². The third-order valence-corrected chi connectivity index (χ3v) is 3.05. The first kappa shape index (κ1) is 8.99. The van der Waals surface area contributed by atoms with Crippen LogP contribution in [0.15, 0.2) is 18.2 Å². The number of aliphatic carboxylic acids is 1. The molecule has 1 aromatic carbocycles. The van der Waals surface area contributed by atoms with Crippen LogP contribution in [0.5, 0.6) is 0 Å². The van der Waals surface area contributed by atoms with Crippen LogP contribution >= 0.6 is 23.2 Å². The lowest BCUT2D eigenvalue weighted by Crippen LogP contribution is -2.27. The molecular weight excluding hydrogens is 325 g/mol. The number of benzene rings is 1. The average molecular weight is 352 g/mol. The molecule has 0 aliphatic rings. The Hall–Kier alpha value is -1.46. The van der Waals surface area contributed by atoms with Crippen molar-refractivity contribution in [3.8, 4) is 0 Å². The highest BCUT2D eigenvalue weighted by Crippen LogP contribution is 2.21. The van der Waals surface area contributed by atoms with Gasteiger partial charge in [-0.2, -0.15) is 0 Å². The fourth-order valence-electron chi connectivity index (χ4n) is 1.96. The summed E-state index contributed by atoms with van der Waals surface area (Å²) in [5.74, 6) is -6.69. The molecule has 0 radical (unpaired) electrons. The number of anilines is 1. The van der Waals surface area contributed by atoms with E-state index in [1.807, 2.05) is 0 Å². The van der Waals surface area contributed by atoms with Crippen LogP contribution in [-0.4, -0.2) is 45.7 Å². The number of imidazole rings is 1. The zero-order chi connectivity index (χ0) is 23.1. The standard InChI is InChI=1S/C15H19Cl2N3O2/c16-6-8-20(9-7-17)11-4-5-12-13(10-11)19-14(18-12)2-1-3-15(21)22/h4-5,10H,1-3,6-9H2,(H,18,19)(H,21,22)/i6D2,7D2,8D2,9D2. The Labute approximate surface area is 150 Å². The monoisotopic (exact) mass is 351 g/mol. The van der Waals surface area contributed by atoms with Gasteiger partial charge in [0.1, 0.15) is 5.82 Å². The topological polar surface area (TPSA) is 69.2 Å². The number of rotatable bonds is 9. The van der Waals surface area contributed by atoms with E-state index in [0.29, 0.717) is 29.7 Å². The number of aromatic nitrogens is 2. The largest absolute Gasteiger partial charge is 0.481 e. The first-order valence-corrected chi connectivity index (χ1v) is 7.12. The molecule has 5 nitrogen and oxygen atoms in total. The van der Waals surface area contributed by atoms with E-state index >= 15 is 0 Å². The zero-order valence-electron chi connectivity index (χ0n) is 19.4. The average Bonchev–Trinajstić information content (AvgIpc) is 2.93. The van der Waals surface area contributed by atoms with Gasteiger partial charge in [-0.3, -0.25) is 4.79 Å². The van der Waals surface area contributed by atoms with Crippen LogP contribution < -0.4 is 4.90 Å². The molecule has 0 unspecified atom stereocenters. The Kier molecular flexibility index (Phi) is 3.37. The third-order valence-electron chi connectivity index (χ3n) is 2.89. The maximum atomic E-state index is 10.6. The molecule has 120 valence electrons. The second kappa shape index (κ2) is 8.25. The van der Waals surface area contributed by atoms with Gasteiger partial charge in [-0.15, -0.1) is 23.2 Å². The number of halogens is 2. The minimum absolute atomic E-state index is 0.0495. The number of aryl methyl sites for hydroxylation is 1. The van der Waals surface area contributed by atoms with Crippen LogP contribution in [-0.2, 0) is 11.2 Å². The highest BCUT2D eigenvalue weighted by molar-refractivity contribution is 6.18. The lowest BCUT2D eigenvalue weighted by Gasteiger charge is -2.22. The van der Waals surface area contributed by atoms with E-state index in [2.05, 4.69) is 9.97 Å². The molecule has 2 rings (SSSR count). The number of fused-ring (bicyclic) bond motifs is 1. The maximum Gasteiger partial charge on any atom is 0.303 e. The minimum atomic E-state index is -3.21. The summed E-state index contributed by atoms with van der Waals surface area (Å²) in [6.07, 6.45) is 0.611. The van der Waals surface area contributed by atoms with Gasteiger partial charge in [-0.05, 0) is 24.6 Å². The number of H-pyrrole nitrogens is 1. The number of nitrogens with one attached hydrogen (secondary N) is 1. The Morgan fingerprint density at radius 1 is 1.36 bits per heavy atom. The third kappa shape index (κ3) is 4.52. The molecule has 7 heteroatoms. The molecule has 0 aliphatic heterocycles. The molecule has 0 aliphatic carbocycles. The van der Waals surface area contributed by atoms with E-state index < -0.39 is 30.6 Å². The summed E-state index contributed by atoms with van der Waals surface area (Å²) in [5, 5.41) is 8.72. The maximum absolute atomic E-state index is 10.6. The Morgan fingerprint density at radius 3 is 2.73 bits per heavy atom. The first-order chi connectivity index (χ1) is 13.5. The van der Waals surface area contributed by atoms with Gasteiger partial charge in [0.05, 0.1) is 16.5 Å². The molecular formula is C15H19Cl2N3O2. The van der Waals surface area contributed by atoms with Gasteiger partial charge in [-0.25, -0.2) is 4.98 Å². The van der Waals surface area contributed by atoms with Crippen molar-refractivity contribution in [1.82, 2.24) is 9.97 Å². The van der Waals surface area contributed by atoms with Crippen LogP contribution in [0.1, 0.15) is 29.6 Å². The molecule has 1 aromatic heterocycles. The minimum Gasteiger partial charge on any atom is -0.481 e. The summed E-state index contributed by atoms with van der Waals surface area (Å²) in [4.78, 5) is 18.1. The fraction of sp³-hybridized carbons (Fsp3) is 0.467. The quantitative estimate of drug-likeness (QED) is 0.680. The van der Waals surface area contributed by atoms with E-state index in [1.165, 1.54) is 18.2 Å². The summed E-state index contributed by atoms with van der Waals surface area (Å²) in [6.45, 7) is -6.42. The predicted octanol–water partition coefficient (Wildman–Crippen LogP) is 3.25. The van der Waals surface area contributed by atoms with Crippen molar-refractivity contribution in [2.75, 3.05) is 29.6 Å². The zero-order valence-corrected chi connectivity index (χ0v) is 12.9. The van der Waals surface area contributed by atoms with E-state index in [9.17, 15) is 4.79 Å². The Balaban J connectivity index is 2.54. The Morgan fingerprint density at radius 2 is 2.09 bits per heavy atom. The second-order valence-corrected chi connectivity index (χ2v) is 4.76. The van der Waals surface area contributed by atoms with Gasteiger partial charge in [0.15, 0.2) is 0 Å². The number of hydrogen-bond donors (Lipinski definition) is 2. The molecule has 2 N–H and O–H groups in total. The lowest BCUT2D eigenvalue weighted by molar-refractivity contribution is -0.137. The van der Waals surface area contributed by atoms with Crippen molar-refractivity contribution in [3.05, 3.63) is 24.0 Å². The molecule has 0 atom stereocenters. The summed E-state index contributed by atoms with van der Waals surface area (Å²) in [7, 11) is 0. The van der Waals surface area contributed by atoms with Crippen molar-refractivity contribution in [2.24, 2.45) is 0 Å². The lowest BCUT2D eigenvalue weighted by atomic mass is 10.2. The van der Waals surface area contributed by atoms with Crippen LogP contribution in [0.25, 0.3) is 11.0 Å². The van der Waals surface area contributed by atoms with E-state index in [4.69, 9.17) is 39.3 Å². The molecule has 0 saturated carbocycles. The number of nitrogens with zero attached hydrogens (tertiary/aromatic N) is 2. The molecule has 1 heterocycles. The van der Waals surface area contributed by atoms with E-state index in [-0.39, 0.29) is 17.0 Å². The molecule has 2 aromatic rings. The summed E-state index contributed by atoms with van der Waals surface area (Å²) in [5.41, 5.74) is 0.528. The van der Waals surface area contributed by atoms with Gasteiger partial charge in [0.25, 0.3) is 0 Å². The summed E-state index contributed by atoms with van der Waals surface area (Å²) in [6, 6.07) is 3.92. The van der Waals surface area contributed by atoms with Gasteiger partial charge < -0.3 is 15.0 Å². The number of carboxylic acids is 1. The highest BCUT2D eigenvalue weighted by atomic mass is 35.5. The van der Waals surface area contributed by atoms with E-state index in [0.717, 1.165) is 0 Å². The van der Waals surface area contributed by atoms with Crippen molar-refractivity contribution in [3.63, 3.8) is 0 Å². The molecule has 0 amide bonds. The second-order valence-electron chi connectivity index (χ2n) is 4.38. The SMILES string of the molecule is [2H]C([2H])(Cl)C([2H])([2H])N(c1ccc2nc(CCCC(=O)O)[nH]c2c1)C([2H])([2H])C([2H])([2H])Cl. The highest BCUT2D eigenvalue weighted by Gasteiger charge is 2.09. The van der Waals surface area contributed by atoms with Gasteiger partial charge in [0.2, 0.25) is 0 Å². The molecule has 0 spiro atoms. The van der Waals surface area contributed by atoms with Crippen molar-refractivity contribution in [2.45, 2.75) is 19.3 Å². The number of hydrogen-bond acceptors (Lipinski definition) is 3. The van der Waals surface area contributed by atoms with Crippen molar-refractivity contribution in [1.29, 1.82) is 0 Å². The number of carboxylic acid groups (broad SMARTS) is 1. The Bertz CT molecular complexity index is 901. The summed E-state index contributed by atoms with van der Waals surface area (Å²) >= 11 is 11.1. The smallest absolute Gasteiger partial charge is 0.303 e. The normalized spacial score (nSPS) is 19.0. The van der Waals surface area contributed by atoms with Crippen molar-refractivity contribution >= 4 is 45.9 Å². The first-order valence-electron chi connectivity index (χ1n) is 10.4. The van der Waals surface area contributed by atoms with Gasteiger partial charge in [0, 0.05) is 48.7 Å². The molecule has 0 fully saturated rings. The van der Waals surface area contributed by atoms with Crippen molar-refractivity contribution < 1.29 is 20.9 Å². The van der Waals surface area contributed by atoms with Crippen LogP contribution in [0.2, 0.25) is 0 Å². The summed E-state index contributed by atoms with van der Waals surface area (Å²) < 4.78 is 62.7. The molecule has 0 bridgehead atoms. The van der Waals surface area contributed by atoms with Gasteiger partial charge >= 0.3 is 5.97 Å². The number of alkyl halides is 2. The van der Waals surface area contributed by atoms with Gasteiger partial charge in [-0.1, -0.05) is 0 Å². The molecule has 22 heavy (non-hydrogen) atoms. The predicted molar refractivity (Wildman–Crippen MR) is 90.3 cm³/mol. The number of aromatic amines is 1. The number of carbonyl (C=O) groups is 1. The van der Waals surface area contributed by atoms with E-state index in [1.54, 1.807) is 0 Å².